The molecule has 1 saturated heterocycles. The monoisotopic (exact) mass is 412 g/mol. The van der Waals surface area contributed by atoms with Crippen LogP contribution in [0.2, 0.25) is 5.02 Å². The summed E-state index contributed by atoms with van der Waals surface area (Å²) in [6.45, 7) is 1.52. The fraction of sp³-hybridized carbons (Fsp3) is 0.200. The second-order valence-electron chi connectivity index (χ2n) is 6.68. The molecule has 2 aromatic carbocycles. The Hall–Kier alpha value is -3.39. The molecule has 1 aliphatic heterocycles. The zero-order valence-electron chi connectivity index (χ0n) is 15.7. The molecule has 0 spiro atoms. The van der Waals surface area contributed by atoms with Gasteiger partial charge in [-0.05, 0) is 48.9 Å². The minimum absolute atomic E-state index is 0.128. The molecule has 1 unspecified atom stereocenters. The van der Waals surface area contributed by atoms with Crippen LogP contribution in [0.1, 0.15) is 18.4 Å². The highest BCUT2D eigenvalue weighted by Crippen LogP contribution is 2.31. The van der Waals surface area contributed by atoms with Gasteiger partial charge in [0.05, 0.1) is 7.11 Å². The van der Waals surface area contributed by atoms with Crippen molar-refractivity contribution in [2.75, 3.05) is 7.11 Å². The van der Waals surface area contributed by atoms with E-state index < -0.39 is 17.5 Å². The highest BCUT2D eigenvalue weighted by Gasteiger charge is 2.49. The summed E-state index contributed by atoms with van der Waals surface area (Å²) in [6.07, 6.45) is 0. The molecule has 2 heterocycles. The number of benzene rings is 2. The molecule has 1 atom stereocenters. The van der Waals surface area contributed by atoms with E-state index in [9.17, 15) is 9.59 Å². The molecule has 1 aliphatic rings. The molecule has 148 valence electrons. The molecule has 0 saturated carbocycles. The number of amides is 3. The normalized spacial score (nSPS) is 18.8. The van der Waals surface area contributed by atoms with Gasteiger partial charge in [0, 0.05) is 10.6 Å². The lowest BCUT2D eigenvalue weighted by atomic mass is 9.92. The molecular formula is C20H17ClN4O4. The summed E-state index contributed by atoms with van der Waals surface area (Å²) < 4.78 is 10.8. The second kappa shape index (κ2) is 7.21. The van der Waals surface area contributed by atoms with Crippen LogP contribution >= 0.6 is 11.6 Å². The number of carbonyl (C=O) groups is 2. The number of methoxy groups -OCH3 is 1. The van der Waals surface area contributed by atoms with Crippen molar-refractivity contribution in [2.45, 2.75) is 19.0 Å². The van der Waals surface area contributed by atoms with Crippen LogP contribution in [0.3, 0.4) is 0 Å². The van der Waals surface area contributed by atoms with E-state index in [1.165, 1.54) is 0 Å². The first-order valence-corrected chi connectivity index (χ1v) is 9.15. The number of nitrogens with zero attached hydrogens (tertiary/aromatic N) is 3. The molecule has 1 fully saturated rings. The predicted octanol–water partition coefficient (Wildman–Crippen LogP) is 3.37. The molecule has 3 aromatic rings. The van der Waals surface area contributed by atoms with Crippen LogP contribution in [0.4, 0.5) is 4.79 Å². The Labute approximate surface area is 171 Å². The Morgan fingerprint density at radius 3 is 2.45 bits per heavy atom. The first kappa shape index (κ1) is 18.9. The zero-order valence-corrected chi connectivity index (χ0v) is 16.4. The van der Waals surface area contributed by atoms with Crippen LogP contribution < -0.4 is 10.1 Å². The van der Waals surface area contributed by atoms with Crippen molar-refractivity contribution in [3.05, 3.63) is 65.0 Å². The van der Waals surface area contributed by atoms with Gasteiger partial charge in [-0.1, -0.05) is 23.7 Å². The van der Waals surface area contributed by atoms with Gasteiger partial charge in [-0.3, -0.25) is 9.69 Å². The maximum Gasteiger partial charge on any atom is 0.325 e. The van der Waals surface area contributed by atoms with Crippen molar-refractivity contribution in [1.29, 1.82) is 0 Å². The molecule has 1 aromatic heterocycles. The molecular weight excluding hydrogens is 396 g/mol. The van der Waals surface area contributed by atoms with E-state index in [0.717, 1.165) is 4.90 Å². The van der Waals surface area contributed by atoms with Gasteiger partial charge in [0.15, 0.2) is 0 Å². The van der Waals surface area contributed by atoms with Crippen LogP contribution in [0, 0.1) is 0 Å². The van der Waals surface area contributed by atoms with Gasteiger partial charge < -0.3 is 14.5 Å². The lowest BCUT2D eigenvalue weighted by Gasteiger charge is -2.22. The van der Waals surface area contributed by atoms with Crippen molar-refractivity contribution in [1.82, 2.24) is 20.4 Å². The number of carbonyl (C=O) groups excluding carboxylic acids is 2. The first-order valence-electron chi connectivity index (χ1n) is 8.77. The number of hydrogen-bond acceptors (Lipinski definition) is 6. The van der Waals surface area contributed by atoms with E-state index in [0.29, 0.717) is 21.9 Å². The van der Waals surface area contributed by atoms with Crippen molar-refractivity contribution >= 4 is 23.5 Å². The van der Waals surface area contributed by atoms with E-state index in [2.05, 4.69) is 15.5 Å². The predicted molar refractivity (Wildman–Crippen MR) is 104 cm³/mol. The van der Waals surface area contributed by atoms with Gasteiger partial charge in [0.2, 0.25) is 11.8 Å². The molecule has 1 N–H and O–H groups in total. The van der Waals surface area contributed by atoms with Gasteiger partial charge in [-0.2, -0.15) is 0 Å². The van der Waals surface area contributed by atoms with Crippen LogP contribution in [-0.2, 0) is 16.9 Å². The smallest absolute Gasteiger partial charge is 0.325 e. The summed E-state index contributed by atoms with van der Waals surface area (Å²) in [4.78, 5) is 26.5. The summed E-state index contributed by atoms with van der Waals surface area (Å²) in [6, 6.07) is 13.3. The molecule has 8 nitrogen and oxygen atoms in total. The van der Waals surface area contributed by atoms with E-state index in [1.54, 1.807) is 62.6 Å². The third-order valence-corrected chi connectivity index (χ3v) is 5.05. The van der Waals surface area contributed by atoms with Gasteiger partial charge in [0.25, 0.3) is 5.91 Å². The highest BCUT2D eigenvalue weighted by atomic mass is 35.5. The Bertz CT molecular complexity index is 1060. The number of aromatic nitrogens is 2. The van der Waals surface area contributed by atoms with E-state index in [-0.39, 0.29) is 18.3 Å². The number of hydrogen-bond donors (Lipinski definition) is 1. The molecule has 9 heteroatoms. The Morgan fingerprint density at radius 2 is 1.79 bits per heavy atom. The average Bonchev–Trinajstić information content (AvgIpc) is 3.28. The molecule has 29 heavy (non-hydrogen) atoms. The van der Waals surface area contributed by atoms with E-state index in [4.69, 9.17) is 20.8 Å². The minimum Gasteiger partial charge on any atom is -0.497 e. The number of nitrogens with one attached hydrogen (secondary N) is 1. The highest BCUT2D eigenvalue weighted by molar-refractivity contribution is 6.30. The summed E-state index contributed by atoms with van der Waals surface area (Å²) in [5, 5.41) is 11.2. The number of rotatable bonds is 5. The van der Waals surface area contributed by atoms with Crippen LogP contribution in [0.25, 0.3) is 11.5 Å². The van der Waals surface area contributed by atoms with Gasteiger partial charge in [-0.25, -0.2) is 4.79 Å². The zero-order chi connectivity index (χ0) is 20.6. The SMILES string of the molecule is COc1ccc(-c2nnc(CN3C(=O)NC(C)(c4ccc(Cl)cc4)C3=O)o2)cc1. The molecule has 3 amide bonds. The molecule has 0 aliphatic carbocycles. The third kappa shape index (κ3) is 3.42. The topological polar surface area (TPSA) is 97.6 Å². The van der Waals surface area contributed by atoms with Crippen molar-refractivity contribution in [3.63, 3.8) is 0 Å². The summed E-state index contributed by atoms with van der Waals surface area (Å²) in [5.41, 5.74) is 0.139. The number of ether oxygens (including phenoxy) is 1. The van der Waals surface area contributed by atoms with Crippen LogP contribution in [-0.4, -0.2) is 34.1 Å². The Morgan fingerprint density at radius 1 is 1.10 bits per heavy atom. The number of urea groups is 1. The van der Waals surface area contributed by atoms with Crippen LogP contribution in [0.15, 0.2) is 52.9 Å². The quantitative estimate of drug-likeness (QED) is 0.645. The summed E-state index contributed by atoms with van der Waals surface area (Å²) >= 11 is 5.92. The molecule has 4 rings (SSSR count). The van der Waals surface area contributed by atoms with Crippen LogP contribution in [0.5, 0.6) is 5.75 Å². The van der Waals surface area contributed by atoms with Gasteiger partial charge >= 0.3 is 6.03 Å². The molecule has 0 bridgehead atoms. The fourth-order valence-electron chi connectivity index (χ4n) is 3.12. The number of halogens is 1. The largest absolute Gasteiger partial charge is 0.497 e. The van der Waals surface area contributed by atoms with E-state index in [1.807, 2.05) is 0 Å². The summed E-state index contributed by atoms with van der Waals surface area (Å²) in [7, 11) is 1.58. The fourth-order valence-corrected chi connectivity index (χ4v) is 3.25. The van der Waals surface area contributed by atoms with Gasteiger partial charge in [-0.15, -0.1) is 10.2 Å². The number of imide groups is 1. The average molecular weight is 413 g/mol. The second-order valence-corrected chi connectivity index (χ2v) is 7.12. The van der Waals surface area contributed by atoms with E-state index >= 15 is 0 Å². The minimum atomic E-state index is -1.19. The maximum absolute atomic E-state index is 13.0. The molecule has 0 radical (unpaired) electrons. The summed E-state index contributed by atoms with van der Waals surface area (Å²) in [5.74, 6) is 0.734. The maximum atomic E-state index is 13.0. The van der Waals surface area contributed by atoms with Crippen molar-refractivity contribution < 1.29 is 18.7 Å². The lowest BCUT2D eigenvalue weighted by Crippen LogP contribution is -2.40. The standard InChI is InChI=1S/C20H17ClN4O4/c1-20(13-5-7-14(21)8-6-13)18(26)25(19(27)22-20)11-16-23-24-17(29-16)12-3-9-15(28-2)10-4-12/h3-10H,11H2,1-2H3,(H,22,27). The van der Waals surface area contributed by atoms with Crippen molar-refractivity contribution in [2.24, 2.45) is 0 Å². The third-order valence-electron chi connectivity index (χ3n) is 4.79. The lowest BCUT2D eigenvalue weighted by molar-refractivity contribution is -0.131. The Balaban J connectivity index is 1.54. The first-order chi connectivity index (χ1) is 13.9. The Kier molecular flexibility index (Phi) is 4.71. The van der Waals surface area contributed by atoms with Gasteiger partial charge in [0.1, 0.15) is 17.8 Å². The van der Waals surface area contributed by atoms with Crippen molar-refractivity contribution in [3.8, 4) is 17.2 Å².